The van der Waals surface area contributed by atoms with Crippen LogP contribution in [0.2, 0.25) is 15.1 Å². The number of aliphatic hydroxyl groups is 1. The van der Waals surface area contributed by atoms with Gasteiger partial charge in [-0.1, -0.05) is 59.1 Å². The molecule has 4 aromatic rings. The third kappa shape index (κ3) is 5.22. The predicted molar refractivity (Wildman–Crippen MR) is 127 cm³/mol. The lowest BCUT2D eigenvalue weighted by molar-refractivity contribution is -0.274. The molecule has 4 rings (SSSR count). The second kappa shape index (κ2) is 9.18. The van der Waals surface area contributed by atoms with Crippen LogP contribution in [-0.4, -0.2) is 36.1 Å². The average molecular weight is 566 g/mol. The number of hydrogen-bond acceptors (Lipinski definition) is 5. The van der Waals surface area contributed by atoms with Crippen molar-refractivity contribution in [2.45, 2.75) is 17.4 Å². The number of aromatic nitrogens is 2. The fourth-order valence-corrected chi connectivity index (χ4v) is 5.17. The summed E-state index contributed by atoms with van der Waals surface area (Å²) in [4.78, 5) is 7.13. The van der Waals surface area contributed by atoms with Gasteiger partial charge < -0.3 is 14.8 Å². The number of H-pyrrole nitrogens is 1. The molecule has 0 fully saturated rings. The second-order valence-electron chi connectivity index (χ2n) is 7.47. The number of rotatable bonds is 5. The van der Waals surface area contributed by atoms with Crippen molar-refractivity contribution >= 4 is 55.7 Å². The van der Waals surface area contributed by atoms with Gasteiger partial charge in [-0.15, -0.1) is 13.2 Å². The fourth-order valence-electron chi connectivity index (χ4n) is 3.47. The molecule has 0 amide bonds. The third-order valence-electron chi connectivity index (χ3n) is 5.02. The Bertz CT molecular complexity index is 1560. The molecule has 1 aromatic heterocycles. The minimum atomic E-state index is -4.94. The summed E-state index contributed by atoms with van der Waals surface area (Å²) >= 11 is 19.1. The summed E-state index contributed by atoms with van der Waals surface area (Å²) in [7, 11) is -3.51. The standard InChI is InChI=1S/C22H14Cl3F3N2O4S/c1-35(32,33)10-6-7-11(13(23)8-10)20(31)21-29-15-9-14(24)17(18(25)19(15)30-21)12-4-2-3-5-16(12)34-22(26,27)28/h2-9,20,31H,1H3,(H,29,30). The van der Waals surface area contributed by atoms with Crippen LogP contribution in [0, 0.1) is 0 Å². The third-order valence-corrected chi connectivity index (χ3v) is 7.13. The summed E-state index contributed by atoms with van der Waals surface area (Å²) in [5.74, 6) is -0.499. The minimum absolute atomic E-state index is 0.00366. The molecule has 6 nitrogen and oxygen atoms in total. The van der Waals surface area contributed by atoms with Crippen LogP contribution in [0.3, 0.4) is 0 Å². The molecule has 0 saturated carbocycles. The summed E-state index contributed by atoms with van der Waals surface area (Å²) in [6.45, 7) is 0. The van der Waals surface area contributed by atoms with Gasteiger partial charge in [0.25, 0.3) is 0 Å². The van der Waals surface area contributed by atoms with E-state index in [0.717, 1.165) is 12.3 Å². The van der Waals surface area contributed by atoms with Crippen LogP contribution in [0.1, 0.15) is 17.5 Å². The van der Waals surface area contributed by atoms with E-state index >= 15 is 0 Å². The molecule has 3 aromatic carbocycles. The fraction of sp³-hybridized carbons (Fsp3) is 0.136. The van der Waals surface area contributed by atoms with Gasteiger partial charge in [0.1, 0.15) is 23.2 Å². The topological polar surface area (TPSA) is 92.3 Å². The van der Waals surface area contributed by atoms with E-state index in [1.165, 1.54) is 42.5 Å². The number of alkyl halides is 3. The Balaban J connectivity index is 1.81. The number of hydrogen-bond donors (Lipinski definition) is 2. The van der Waals surface area contributed by atoms with Crippen molar-refractivity contribution in [3.8, 4) is 16.9 Å². The maximum Gasteiger partial charge on any atom is 0.573 e. The Morgan fingerprint density at radius 1 is 1.06 bits per heavy atom. The van der Waals surface area contributed by atoms with Crippen molar-refractivity contribution in [2.24, 2.45) is 0 Å². The number of nitrogens with one attached hydrogen (secondary N) is 1. The van der Waals surface area contributed by atoms with Crippen molar-refractivity contribution < 1.29 is 31.4 Å². The van der Waals surface area contributed by atoms with E-state index in [1.807, 2.05) is 0 Å². The van der Waals surface area contributed by atoms with Gasteiger partial charge >= 0.3 is 6.36 Å². The Morgan fingerprint density at radius 2 is 1.74 bits per heavy atom. The van der Waals surface area contributed by atoms with Crippen LogP contribution in [0.4, 0.5) is 13.2 Å². The normalized spacial score (nSPS) is 13.3. The summed E-state index contributed by atoms with van der Waals surface area (Å²) < 4.78 is 66.3. The van der Waals surface area contributed by atoms with E-state index in [1.54, 1.807) is 0 Å². The molecule has 0 radical (unpaired) electrons. The van der Waals surface area contributed by atoms with Crippen LogP contribution in [-0.2, 0) is 9.84 Å². The second-order valence-corrected chi connectivity index (χ2v) is 10.7. The Morgan fingerprint density at radius 3 is 2.37 bits per heavy atom. The van der Waals surface area contributed by atoms with Gasteiger partial charge in [0.15, 0.2) is 9.84 Å². The molecule has 35 heavy (non-hydrogen) atoms. The zero-order valence-electron chi connectivity index (χ0n) is 17.5. The van der Waals surface area contributed by atoms with E-state index in [-0.39, 0.29) is 48.0 Å². The molecule has 13 heteroatoms. The lowest BCUT2D eigenvalue weighted by Crippen LogP contribution is -2.17. The van der Waals surface area contributed by atoms with E-state index in [9.17, 15) is 26.7 Å². The highest BCUT2D eigenvalue weighted by atomic mass is 35.5. The Labute approximate surface area is 212 Å². The number of para-hydroxylation sites is 1. The van der Waals surface area contributed by atoms with Crippen molar-refractivity contribution in [3.05, 3.63) is 75.0 Å². The predicted octanol–water partition coefficient (Wildman–Crippen LogP) is 6.57. The number of halogens is 6. The lowest BCUT2D eigenvalue weighted by atomic mass is 10.0. The first-order valence-corrected chi connectivity index (χ1v) is 12.7. The number of aromatic amines is 1. The Kier molecular flexibility index (Phi) is 6.71. The largest absolute Gasteiger partial charge is 0.573 e. The van der Waals surface area contributed by atoms with Crippen molar-refractivity contribution in [2.75, 3.05) is 6.26 Å². The van der Waals surface area contributed by atoms with E-state index in [4.69, 9.17) is 34.8 Å². The van der Waals surface area contributed by atoms with E-state index < -0.39 is 28.1 Å². The van der Waals surface area contributed by atoms with Crippen LogP contribution in [0.25, 0.3) is 22.2 Å². The smallest absolute Gasteiger partial charge is 0.405 e. The zero-order valence-corrected chi connectivity index (χ0v) is 20.6. The molecular weight excluding hydrogens is 552 g/mol. The Hall–Kier alpha value is -2.50. The zero-order chi connectivity index (χ0) is 25.7. The molecule has 0 aliphatic carbocycles. The van der Waals surface area contributed by atoms with Gasteiger partial charge in [0, 0.05) is 28.0 Å². The molecule has 0 aliphatic heterocycles. The van der Waals surface area contributed by atoms with Gasteiger partial charge in [-0.25, -0.2) is 13.4 Å². The minimum Gasteiger partial charge on any atom is -0.405 e. The number of nitrogens with zero attached hydrogens (tertiary/aromatic N) is 1. The molecule has 184 valence electrons. The monoisotopic (exact) mass is 564 g/mol. The highest BCUT2D eigenvalue weighted by Gasteiger charge is 2.33. The maximum atomic E-state index is 12.9. The molecule has 0 spiro atoms. The first kappa shape index (κ1) is 25.6. The van der Waals surface area contributed by atoms with Gasteiger partial charge in [0.05, 0.1) is 20.5 Å². The van der Waals surface area contributed by atoms with Crippen LogP contribution < -0.4 is 4.74 Å². The number of ether oxygens (including phenoxy) is 1. The SMILES string of the molecule is CS(=O)(=O)c1ccc(C(O)c2nc3c(Cl)c(-c4ccccc4OC(F)(F)F)c(Cl)cc3[nH]2)c(Cl)c1. The molecule has 1 atom stereocenters. The molecule has 1 heterocycles. The highest BCUT2D eigenvalue weighted by molar-refractivity contribution is 7.90. The summed E-state index contributed by atoms with van der Waals surface area (Å²) in [6, 6.07) is 10.6. The van der Waals surface area contributed by atoms with E-state index in [2.05, 4.69) is 14.7 Å². The first-order valence-electron chi connectivity index (χ1n) is 9.66. The van der Waals surface area contributed by atoms with Gasteiger partial charge in [0.2, 0.25) is 0 Å². The number of aliphatic hydroxyl groups excluding tert-OH is 1. The van der Waals surface area contributed by atoms with Crippen LogP contribution in [0.5, 0.6) is 5.75 Å². The number of sulfone groups is 1. The van der Waals surface area contributed by atoms with Gasteiger partial charge in [-0.05, 0) is 24.3 Å². The van der Waals surface area contributed by atoms with Gasteiger partial charge in [-0.2, -0.15) is 0 Å². The number of benzene rings is 3. The molecule has 2 N–H and O–H groups in total. The summed E-state index contributed by atoms with van der Waals surface area (Å²) in [5.41, 5.74) is 0.654. The highest BCUT2D eigenvalue weighted by Crippen LogP contribution is 2.44. The van der Waals surface area contributed by atoms with Crippen LogP contribution in [0.15, 0.2) is 53.4 Å². The number of fused-ring (bicyclic) bond motifs is 1. The molecule has 1 unspecified atom stereocenters. The maximum absolute atomic E-state index is 12.9. The van der Waals surface area contributed by atoms with Crippen LogP contribution >= 0.6 is 34.8 Å². The number of imidazole rings is 1. The summed E-state index contributed by atoms with van der Waals surface area (Å²) in [5, 5.41) is 10.8. The molecular formula is C22H14Cl3F3N2O4S. The lowest BCUT2D eigenvalue weighted by Gasteiger charge is -2.15. The summed E-state index contributed by atoms with van der Waals surface area (Å²) in [6.07, 6.45) is -5.31. The molecule has 0 bridgehead atoms. The molecule has 0 saturated heterocycles. The van der Waals surface area contributed by atoms with Crippen molar-refractivity contribution in [1.82, 2.24) is 9.97 Å². The molecule has 0 aliphatic rings. The average Bonchev–Trinajstić information content (AvgIpc) is 3.17. The van der Waals surface area contributed by atoms with E-state index in [0.29, 0.717) is 5.52 Å². The van der Waals surface area contributed by atoms with Crippen molar-refractivity contribution in [3.63, 3.8) is 0 Å². The quantitative estimate of drug-likeness (QED) is 0.285. The first-order chi connectivity index (χ1) is 16.3. The van der Waals surface area contributed by atoms with Gasteiger partial charge in [-0.3, -0.25) is 0 Å². The van der Waals surface area contributed by atoms with Crippen molar-refractivity contribution in [1.29, 1.82) is 0 Å².